The fourth-order valence-electron chi connectivity index (χ4n) is 3.36. The van der Waals surface area contributed by atoms with E-state index >= 15 is 0 Å². The lowest BCUT2D eigenvalue weighted by atomic mass is 10.0. The number of hydrogen-bond acceptors (Lipinski definition) is 5. The second-order valence-corrected chi connectivity index (χ2v) is 5.50. The van der Waals surface area contributed by atoms with Crippen molar-refractivity contribution in [2.24, 2.45) is 0 Å². The molecule has 5 nitrogen and oxygen atoms in total. The molecule has 1 aromatic heterocycles. The van der Waals surface area contributed by atoms with Gasteiger partial charge in [-0.25, -0.2) is 9.78 Å². The number of carbonyl (C=O) groups excluding carboxylic acids is 1. The van der Waals surface area contributed by atoms with Crippen LogP contribution in [-0.4, -0.2) is 43.2 Å². The maximum Gasteiger partial charge on any atom is 0.338 e. The summed E-state index contributed by atoms with van der Waals surface area (Å²) >= 11 is 0. The van der Waals surface area contributed by atoms with Crippen LogP contribution in [0.15, 0.2) is 18.3 Å². The Bertz CT molecular complexity index is 486. The molecule has 2 aliphatic rings. The highest BCUT2D eigenvalue weighted by Gasteiger charge is 2.34. The molecule has 0 bridgehead atoms. The first-order chi connectivity index (χ1) is 9.79. The van der Waals surface area contributed by atoms with Crippen LogP contribution in [0, 0.1) is 0 Å². The van der Waals surface area contributed by atoms with Gasteiger partial charge in [-0.1, -0.05) is 0 Å². The van der Waals surface area contributed by atoms with E-state index in [4.69, 9.17) is 4.74 Å². The Hall–Kier alpha value is -1.62. The summed E-state index contributed by atoms with van der Waals surface area (Å²) in [6.07, 6.45) is 6.57. The molecule has 108 valence electrons. The number of nitrogens with zero attached hydrogens (tertiary/aromatic N) is 2. The quantitative estimate of drug-likeness (QED) is 0.849. The van der Waals surface area contributed by atoms with Crippen molar-refractivity contribution in [3.05, 3.63) is 23.9 Å². The van der Waals surface area contributed by atoms with Gasteiger partial charge in [0.15, 0.2) is 0 Å². The predicted octanol–water partition coefficient (Wildman–Crippen LogP) is 1.59. The lowest BCUT2D eigenvalue weighted by molar-refractivity contribution is 0.0600. The van der Waals surface area contributed by atoms with Crippen LogP contribution in [0.1, 0.15) is 36.0 Å². The molecule has 3 heterocycles. The number of pyridine rings is 1. The Kier molecular flexibility index (Phi) is 3.87. The van der Waals surface area contributed by atoms with Crippen molar-refractivity contribution in [1.29, 1.82) is 0 Å². The van der Waals surface area contributed by atoms with Gasteiger partial charge in [0.1, 0.15) is 5.82 Å². The molecule has 5 heteroatoms. The molecule has 0 radical (unpaired) electrons. The number of rotatable bonds is 3. The number of aromatic nitrogens is 1. The minimum absolute atomic E-state index is 0.302. The summed E-state index contributed by atoms with van der Waals surface area (Å²) in [7, 11) is 1.41. The van der Waals surface area contributed by atoms with Crippen molar-refractivity contribution in [1.82, 2.24) is 10.3 Å². The van der Waals surface area contributed by atoms with E-state index < -0.39 is 0 Å². The normalized spacial score (nSPS) is 25.9. The Morgan fingerprint density at radius 1 is 1.45 bits per heavy atom. The van der Waals surface area contributed by atoms with E-state index in [2.05, 4.69) is 15.2 Å². The molecule has 1 N–H and O–H groups in total. The van der Waals surface area contributed by atoms with Gasteiger partial charge in [0.25, 0.3) is 0 Å². The molecular weight excluding hydrogens is 254 g/mol. The molecule has 0 aromatic carbocycles. The zero-order valence-electron chi connectivity index (χ0n) is 11.8. The van der Waals surface area contributed by atoms with Crippen LogP contribution in [0.3, 0.4) is 0 Å². The first kappa shape index (κ1) is 13.4. The molecule has 1 aromatic rings. The van der Waals surface area contributed by atoms with Gasteiger partial charge in [-0.3, -0.25) is 0 Å². The number of ether oxygens (including phenoxy) is 1. The van der Waals surface area contributed by atoms with Gasteiger partial charge in [-0.2, -0.15) is 0 Å². The lowest BCUT2D eigenvalue weighted by Gasteiger charge is -2.30. The van der Waals surface area contributed by atoms with E-state index in [1.807, 2.05) is 6.07 Å². The molecule has 2 saturated heterocycles. The summed E-state index contributed by atoms with van der Waals surface area (Å²) in [6.45, 7) is 2.13. The van der Waals surface area contributed by atoms with Crippen LogP contribution in [0.5, 0.6) is 0 Å². The molecule has 20 heavy (non-hydrogen) atoms. The number of hydrogen-bond donors (Lipinski definition) is 1. The number of carbonyl (C=O) groups is 1. The first-order valence-electron chi connectivity index (χ1n) is 7.34. The first-order valence-corrected chi connectivity index (χ1v) is 7.34. The van der Waals surface area contributed by atoms with Gasteiger partial charge in [0.2, 0.25) is 0 Å². The van der Waals surface area contributed by atoms with Crippen LogP contribution in [0.25, 0.3) is 0 Å². The monoisotopic (exact) mass is 275 g/mol. The van der Waals surface area contributed by atoms with E-state index in [0.29, 0.717) is 17.6 Å². The molecule has 3 rings (SSSR count). The molecule has 2 atom stereocenters. The Labute approximate surface area is 119 Å². The number of nitrogens with one attached hydrogen (secondary N) is 1. The summed E-state index contributed by atoms with van der Waals surface area (Å²) in [4.78, 5) is 18.4. The van der Waals surface area contributed by atoms with Gasteiger partial charge < -0.3 is 15.0 Å². The largest absolute Gasteiger partial charge is 0.465 e. The third kappa shape index (κ3) is 2.50. The summed E-state index contributed by atoms with van der Waals surface area (Å²) in [5.41, 5.74) is 0.572. The fraction of sp³-hybridized carbons (Fsp3) is 0.600. The van der Waals surface area contributed by atoms with Crippen molar-refractivity contribution in [3.63, 3.8) is 0 Å². The molecule has 0 amide bonds. The smallest absolute Gasteiger partial charge is 0.338 e. The van der Waals surface area contributed by atoms with Crippen molar-refractivity contribution in [2.75, 3.05) is 25.1 Å². The second kappa shape index (κ2) is 5.79. The van der Waals surface area contributed by atoms with Crippen molar-refractivity contribution < 1.29 is 9.53 Å². The van der Waals surface area contributed by atoms with Crippen molar-refractivity contribution in [3.8, 4) is 0 Å². The zero-order chi connectivity index (χ0) is 13.9. The topological polar surface area (TPSA) is 54.5 Å². The Morgan fingerprint density at radius 3 is 3.10 bits per heavy atom. The average molecular weight is 275 g/mol. The molecule has 2 aliphatic heterocycles. The number of anilines is 1. The Balaban J connectivity index is 1.82. The van der Waals surface area contributed by atoms with Crippen LogP contribution in [-0.2, 0) is 4.74 Å². The highest BCUT2D eigenvalue weighted by atomic mass is 16.5. The van der Waals surface area contributed by atoms with Crippen LogP contribution >= 0.6 is 0 Å². The molecule has 0 spiro atoms. The molecule has 0 saturated carbocycles. The summed E-state index contributed by atoms with van der Waals surface area (Å²) in [5.74, 6) is 0.590. The van der Waals surface area contributed by atoms with Gasteiger partial charge >= 0.3 is 5.97 Å². The molecule has 0 aliphatic carbocycles. The second-order valence-electron chi connectivity index (χ2n) is 5.50. The lowest BCUT2D eigenvalue weighted by Crippen LogP contribution is -2.44. The summed E-state index contributed by atoms with van der Waals surface area (Å²) in [5, 5.41) is 3.59. The summed E-state index contributed by atoms with van der Waals surface area (Å²) in [6, 6.07) is 4.60. The standard InChI is InChI=1S/C15H21N3O2/c1-20-15(19)11-6-8-17-14(10-11)18-9-3-5-13(18)12-4-2-7-16-12/h6,8,10,12-13,16H,2-5,7,9H2,1H3. The van der Waals surface area contributed by atoms with Crippen molar-refractivity contribution >= 4 is 11.8 Å². The highest BCUT2D eigenvalue weighted by Crippen LogP contribution is 2.29. The van der Waals surface area contributed by atoms with Crippen LogP contribution in [0.2, 0.25) is 0 Å². The van der Waals surface area contributed by atoms with Gasteiger partial charge in [-0.15, -0.1) is 0 Å². The van der Waals surface area contributed by atoms with Crippen LogP contribution in [0.4, 0.5) is 5.82 Å². The highest BCUT2D eigenvalue weighted by molar-refractivity contribution is 5.90. The Morgan fingerprint density at radius 2 is 2.35 bits per heavy atom. The average Bonchev–Trinajstić information content (AvgIpc) is 3.16. The minimum Gasteiger partial charge on any atom is -0.465 e. The third-order valence-corrected chi connectivity index (χ3v) is 4.32. The SMILES string of the molecule is COC(=O)c1ccnc(N2CCCC2C2CCCN2)c1. The zero-order valence-corrected chi connectivity index (χ0v) is 11.8. The van der Waals surface area contributed by atoms with Crippen molar-refractivity contribution in [2.45, 2.75) is 37.8 Å². The maximum atomic E-state index is 11.6. The van der Waals surface area contributed by atoms with Gasteiger partial charge in [-0.05, 0) is 44.4 Å². The predicted molar refractivity (Wildman–Crippen MR) is 77.0 cm³/mol. The van der Waals surface area contributed by atoms with Gasteiger partial charge in [0, 0.05) is 24.8 Å². The summed E-state index contributed by atoms with van der Waals surface area (Å²) < 4.78 is 4.78. The molecule has 2 unspecified atom stereocenters. The molecule has 2 fully saturated rings. The van der Waals surface area contributed by atoms with E-state index in [1.165, 1.54) is 32.8 Å². The van der Waals surface area contributed by atoms with E-state index in [0.717, 1.165) is 18.9 Å². The number of esters is 1. The third-order valence-electron chi connectivity index (χ3n) is 4.32. The van der Waals surface area contributed by atoms with E-state index in [1.54, 1.807) is 12.3 Å². The van der Waals surface area contributed by atoms with Gasteiger partial charge in [0.05, 0.1) is 12.7 Å². The van der Waals surface area contributed by atoms with E-state index in [-0.39, 0.29) is 5.97 Å². The number of methoxy groups -OCH3 is 1. The minimum atomic E-state index is -0.302. The van der Waals surface area contributed by atoms with Crippen LogP contribution < -0.4 is 10.2 Å². The molecular formula is C15H21N3O2. The maximum absolute atomic E-state index is 11.6. The fourth-order valence-corrected chi connectivity index (χ4v) is 3.36. The van der Waals surface area contributed by atoms with E-state index in [9.17, 15) is 4.79 Å².